The molecule has 5 rings (SSSR count). The molecule has 0 saturated carbocycles. The molecule has 7 heteroatoms. The molecule has 0 aliphatic rings. The van der Waals surface area contributed by atoms with Gasteiger partial charge in [0.15, 0.2) is 0 Å². The maximum Gasteiger partial charge on any atom is 0.274 e. The van der Waals surface area contributed by atoms with Crippen molar-refractivity contribution in [1.82, 2.24) is 19.2 Å². The normalized spacial score (nSPS) is 10.9. The third kappa shape index (κ3) is 3.06. The molecular formula is C23H16N6O. The number of nitriles is 1. The molecule has 0 bridgehead atoms. The Bertz CT molecular complexity index is 1420. The number of hydrogen-bond donors (Lipinski definition) is 1. The van der Waals surface area contributed by atoms with E-state index in [1.807, 2.05) is 41.1 Å². The molecule has 2 aromatic carbocycles. The predicted molar refractivity (Wildman–Crippen MR) is 113 cm³/mol. The first-order valence-corrected chi connectivity index (χ1v) is 9.40. The molecule has 5 aromatic rings. The molecular weight excluding hydrogens is 376 g/mol. The minimum atomic E-state index is -0.305. The Morgan fingerprint density at radius 1 is 1.03 bits per heavy atom. The van der Waals surface area contributed by atoms with Crippen LogP contribution in [-0.2, 0) is 6.54 Å². The predicted octanol–water partition coefficient (Wildman–Crippen LogP) is 3.86. The van der Waals surface area contributed by atoms with Crippen LogP contribution in [0.4, 0.5) is 5.69 Å². The minimum Gasteiger partial charge on any atom is -0.320 e. The van der Waals surface area contributed by atoms with E-state index in [9.17, 15) is 4.79 Å². The van der Waals surface area contributed by atoms with Crippen LogP contribution in [0, 0.1) is 11.3 Å². The maximum atomic E-state index is 12.9. The first-order valence-electron chi connectivity index (χ1n) is 9.40. The molecule has 0 aliphatic carbocycles. The van der Waals surface area contributed by atoms with Crippen molar-refractivity contribution in [1.29, 1.82) is 5.26 Å². The molecule has 1 N–H and O–H groups in total. The van der Waals surface area contributed by atoms with Crippen molar-refractivity contribution in [3.8, 4) is 6.07 Å². The summed E-state index contributed by atoms with van der Waals surface area (Å²) < 4.78 is 3.53. The fourth-order valence-corrected chi connectivity index (χ4v) is 3.50. The fourth-order valence-electron chi connectivity index (χ4n) is 3.50. The summed E-state index contributed by atoms with van der Waals surface area (Å²) in [6.07, 6.45) is 4.87. The third-order valence-corrected chi connectivity index (χ3v) is 4.98. The molecule has 1 amide bonds. The van der Waals surface area contributed by atoms with Gasteiger partial charge in [-0.2, -0.15) is 10.4 Å². The van der Waals surface area contributed by atoms with E-state index >= 15 is 0 Å². The minimum absolute atomic E-state index is 0.305. The van der Waals surface area contributed by atoms with E-state index in [4.69, 9.17) is 5.26 Å². The monoisotopic (exact) mass is 392 g/mol. The maximum absolute atomic E-state index is 12.9. The number of nitrogens with one attached hydrogen (secondary N) is 1. The Morgan fingerprint density at radius 2 is 1.90 bits per heavy atom. The Kier molecular flexibility index (Phi) is 4.23. The lowest BCUT2D eigenvalue weighted by Gasteiger charge is -2.08. The average Bonchev–Trinajstić information content (AvgIpc) is 3.39. The van der Waals surface area contributed by atoms with E-state index in [1.165, 1.54) is 6.20 Å². The number of imidazole rings is 1. The van der Waals surface area contributed by atoms with Crippen molar-refractivity contribution in [2.24, 2.45) is 0 Å². The van der Waals surface area contributed by atoms with Crippen molar-refractivity contribution >= 4 is 28.1 Å². The Morgan fingerprint density at radius 3 is 2.73 bits per heavy atom. The van der Waals surface area contributed by atoms with E-state index in [-0.39, 0.29) is 5.91 Å². The van der Waals surface area contributed by atoms with Gasteiger partial charge in [0.1, 0.15) is 17.4 Å². The average molecular weight is 392 g/mol. The Balaban J connectivity index is 1.47. The lowest BCUT2D eigenvalue weighted by Crippen LogP contribution is -2.14. The second-order valence-corrected chi connectivity index (χ2v) is 6.88. The quantitative estimate of drug-likeness (QED) is 0.503. The van der Waals surface area contributed by atoms with Crippen molar-refractivity contribution in [3.05, 3.63) is 96.1 Å². The number of carbonyl (C=O) groups is 1. The van der Waals surface area contributed by atoms with Crippen LogP contribution < -0.4 is 5.32 Å². The van der Waals surface area contributed by atoms with Gasteiger partial charge in [-0.1, -0.05) is 36.4 Å². The number of rotatable bonds is 4. The second kappa shape index (κ2) is 7.18. The highest BCUT2D eigenvalue weighted by atomic mass is 16.1. The summed E-state index contributed by atoms with van der Waals surface area (Å²) in [6, 6.07) is 21.3. The van der Waals surface area contributed by atoms with E-state index in [0.717, 1.165) is 16.5 Å². The van der Waals surface area contributed by atoms with Crippen molar-refractivity contribution in [2.45, 2.75) is 6.54 Å². The molecule has 144 valence electrons. The number of fused-ring (bicyclic) bond motifs is 2. The van der Waals surface area contributed by atoms with E-state index in [1.54, 1.807) is 28.9 Å². The molecule has 0 saturated heterocycles. The zero-order valence-electron chi connectivity index (χ0n) is 15.9. The Hall–Kier alpha value is -4.44. The van der Waals surface area contributed by atoms with Crippen LogP contribution in [0.15, 0.2) is 79.3 Å². The van der Waals surface area contributed by atoms with Crippen LogP contribution in [0.5, 0.6) is 0 Å². The number of pyridine rings is 1. The smallest absolute Gasteiger partial charge is 0.274 e. The zero-order chi connectivity index (χ0) is 20.5. The lowest BCUT2D eigenvalue weighted by atomic mass is 10.2. The number of amides is 1. The number of anilines is 1. The highest BCUT2D eigenvalue weighted by Gasteiger charge is 2.15. The molecule has 0 radical (unpaired) electrons. The van der Waals surface area contributed by atoms with Gasteiger partial charge in [-0.25, -0.2) is 4.98 Å². The number of aromatic nitrogens is 4. The summed E-state index contributed by atoms with van der Waals surface area (Å²) in [6.45, 7) is 0.645. The van der Waals surface area contributed by atoms with Crippen LogP contribution in [0.25, 0.3) is 16.6 Å². The van der Waals surface area contributed by atoms with Gasteiger partial charge < -0.3 is 5.32 Å². The topological polar surface area (TPSA) is 88.0 Å². The lowest BCUT2D eigenvalue weighted by molar-refractivity contribution is 0.102. The third-order valence-electron chi connectivity index (χ3n) is 4.98. The summed E-state index contributed by atoms with van der Waals surface area (Å²) >= 11 is 0. The van der Waals surface area contributed by atoms with E-state index < -0.39 is 0 Å². The summed E-state index contributed by atoms with van der Waals surface area (Å²) in [5.74, 6) is -0.305. The first kappa shape index (κ1) is 17.6. The number of carbonyl (C=O) groups excluding carboxylic acids is 1. The summed E-state index contributed by atoms with van der Waals surface area (Å²) in [7, 11) is 0. The number of benzene rings is 2. The van der Waals surface area contributed by atoms with Crippen LogP contribution in [0.1, 0.15) is 21.6 Å². The van der Waals surface area contributed by atoms with Gasteiger partial charge in [0.2, 0.25) is 0 Å². The van der Waals surface area contributed by atoms with Gasteiger partial charge in [0.25, 0.3) is 5.91 Å². The molecule has 3 heterocycles. The molecule has 0 fully saturated rings. The van der Waals surface area contributed by atoms with Gasteiger partial charge in [-0.15, -0.1) is 0 Å². The van der Waals surface area contributed by atoms with Crippen molar-refractivity contribution in [2.75, 3.05) is 5.32 Å². The van der Waals surface area contributed by atoms with Gasteiger partial charge in [0, 0.05) is 11.6 Å². The van der Waals surface area contributed by atoms with E-state index in [2.05, 4.69) is 33.6 Å². The molecule has 30 heavy (non-hydrogen) atoms. The van der Waals surface area contributed by atoms with Crippen molar-refractivity contribution in [3.63, 3.8) is 0 Å². The second-order valence-electron chi connectivity index (χ2n) is 6.88. The van der Waals surface area contributed by atoms with Gasteiger partial charge >= 0.3 is 0 Å². The molecule has 7 nitrogen and oxygen atoms in total. The van der Waals surface area contributed by atoms with E-state index in [0.29, 0.717) is 29.1 Å². The number of hydrogen-bond acceptors (Lipinski definition) is 4. The number of nitrogens with zero attached hydrogens (tertiary/aromatic N) is 5. The Labute approximate surface area is 171 Å². The molecule has 3 aromatic heterocycles. The van der Waals surface area contributed by atoms with Gasteiger partial charge in [-0.05, 0) is 29.8 Å². The molecule has 0 unspecified atom stereocenters. The van der Waals surface area contributed by atoms with Crippen molar-refractivity contribution < 1.29 is 4.79 Å². The molecule has 0 aliphatic heterocycles. The van der Waals surface area contributed by atoms with Crippen LogP contribution >= 0.6 is 0 Å². The SMILES string of the molecule is N#Cc1ccc2ncc(C(=O)Nc3cccc4c3cnn4Cc3ccccc3)n2c1. The fraction of sp³-hybridized carbons (Fsp3) is 0.0435. The zero-order valence-corrected chi connectivity index (χ0v) is 15.9. The van der Waals surface area contributed by atoms with Crippen LogP contribution in [0.2, 0.25) is 0 Å². The summed E-state index contributed by atoms with van der Waals surface area (Å²) in [5, 5.41) is 17.5. The van der Waals surface area contributed by atoms with Crippen LogP contribution in [0.3, 0.4) is 0 Å². The van der Waals surface area contributed by atoms with Gasteiger partial charge in [0.05, 0.1) is 35.7 Å². The highest BCUT2D eigenvalue weighted by Crippen LogP contribution is 2.24. The largest absolute Gasteiger partial charge is 0.320 e. The molecule has 0 atom stereocenters. The standard InChI is InChI=1S/C23H16N6O/c24-11-17-9-10-22-25-13-21(28(22)14-17)23(30)27-19-7-4-8-20-18(19)12-26-29(20)15-16-5-2-1-3-6-16/h1-10,12-14H,15H2,(H,27,30). The summed E-state index contributed by atoms with van der Waals surface area (Å²) in [5.41, 5.74) is 4.17. The van der Waals surface area contributed by atoms with Gasteiger partial charge in [-0.3, -0.25) is 13.9 Å². The highest BCUT2D eigenvalue weighted by molar-refractivity contribution is 6.08. The first-order chi connectivity index (χ1) is 14.7. The summed E-state index contributed by atoms with van der Waals surface area (Å²) in [4.78, 5) is 17.2. The molecule has 0 spiro atoms. The van der Waals surface area contributed by atoms with Crippen LogP contribution in [-0.4, -0.2) is 25.1 Å².